The fourth-order valence-corrected chi connectivity index (χ4v) is 4.37. The normalized spacial score (nSPS) is 22.8. The predicted octanol–water partition coefficient (Wildman–Crippen LogP) is 3.62. The summed E-state index contributed by atoms with van der Waals surface area (Å²) < 4.78 is 1.12. The van der Waals surface area contributed by atoms with Crippen molar-refractivity contribution in [3.05, 3.63) is 20.8 Å². The minimum absolute atomic E-state index is 0.209. The van der Waals surface area contributed by atoms with Crippen molar-refractivity contribution in [2.24, 2.45) is 17.6 Å². The second-order valence-corrected chi connectivity index (χ2v) is 8.06. The number of carbonyl (C=O) groups excluding carboxylic acids is 1. The van der Waals surface area contributed by atoms with Crippen molar-refractivity contribution in [3.8, 4) is 0 Å². The van der Waals surface area contributed by atoms with E-state index in [0.717, 1.165) is 49.1 Å². The molecule has 0 radical (unpaired) electrons. The predicted molar refractivity (Wildman–Crippen MR) is 87.6 cm³/mol. The molecule has 1 fully saturated rings. The highest BCUT2D eigenvalue weighted by Gasteiger charge is 2.28. The molecule has 1 amide bonds. The fraction of sp³-hybridized carbons (Fsp3) is 0.667. The third-order valence-electron chi connectivity index (χ3n) is 4.20. The molecule has 2 N–H and O–H groups in total. The number of hydrogen-bond acceptors (Lipinski definition) is 3. The molecule has 3 nitrogen and oxygen atoms in total. The van der Waals surface area contributed by atoms with Gasteiger partial charge in [-0.1, -0.05) is 0 Å². The van der Waals surface area contributed by atoms with Crippen LogP contribution in [0.4, 0.5) is 0 Å². The molecular formula is C15H23BrN2OS. The first-order chi connectivity index (χ1) is 9.63. The molecule has 112 valence electrons. The summed E-state index contributed by atoms with van der Waals surface area (Å²) >= 11 is 5.18. The summed E-state index contributed by atoms with van der Waals surface area (Å²) in [7, 11) is 0. The van der Waals surface area contributed by atoms with Gasteiger partial charge >= 0.3 is 0 Å². The van der Waals surface area contributed by atoms with E-state index in [4.69, 9.17) is 5.73 Å². The highest BCUT2D eigenvalue weighted by atomic mass is 79.9. The topological polar surface area (TPSA) is 46.3 Å². The van der Waals surface area contributed by atoms with Crippen LogP contribution in [-0.2, 0) is 11.3 Å². The smallest absolute Gasteiger partial charge is 0.225 e. The zero-order valence-corrected chi connectivity index (χ0v) is 14.4. The molecule has 1 saturated carbocycles. The van der Waals surface area contributed by atoms with E-state index >= 15 is 0 Å². The van der Waals surface area contributed by atoms with E-state index in [1.165, 1.54) is 4.88 Å². The van der Waals surface area contributed by atoms with E-state index in [2.05, 4.69) is 28.9 Å². The summed E-state index contributed by atoms with van der Waals surface area (Å²) in [5, 5.41) is 0. The van der Waals surface area contributed by atoms with E-state index < -0.39 is 0 Å². The fourth-order valence-electron chi connectivity index (χ4n) is 2.87. The summed E-state index contributed by atoms with van der Waals surface area (Å²) in [5.41, 5.74) is 5.72. The zero-order valence-electron chi connectivity index (χ0n) is 12.0. The number of halogens is 1. The van der Waals surface area contributed by atoms with E-state index in [0.29, 0.717) is 11.8 Å². The summed E-state index contributed by atoms with van der Waals surface area (Å²) in [4.78, 5) is 15.9. The molecule has 20 heavy (non-hydrogen) atoms. The lowest BCUT2D eigenvalue weighted by atomic mass is 9.81. The van der Waals surface area contributed by atoms with Gasteiger partial charge in [0, 0.05) is 17.3 Å². The molecule has 1 aromatic rings. The van der Waals surface area contributed by atoms with Crippen molar-refractivity contribution in [1.82, 2.24) is 4.90 Å². The largest absolute Gasteiger partial charge is 0.338 e. The van der Waals surface area contributed by atoms with Gasteiger partial charge in [0.1, 0.15) is 0 Å². The molecule has 0 spiro atoms. The number of nitrogens with two attached hydrogens (primary N) is 1. The molecule has 2 rings (SSSR count). The molecular weight excluding hydrogens is 336 g/mol. The Morgan fingerprint density at radius 1 is 1.40 bits per heavy atom. The SMILES string of the molecule is CCN(Cc1ccc(Br)s1)C(=O)C1CCC(CN)CC1. The Morgan fingerprint density at radius 3 is 2.60 bits per heavy atom. The van der Waals surface area contributed by atoms with Crippen LogP contribution < -0.4 is 5.73 Å². The van der Waals surface area contributed by atoms with Crippen LogP contribution in [0, 0.1) is 11.8 Å². The van der Waals surface area contributed by atoms with Gasteiger partial charge in [-0.3, -0.25) is 4.79 Å². The zero-order chi connectivity index (χ0) is 14.5. The molecule has 0 aliphatic heterocycles. The lowest BCUT2D eigenvalue weighted by Gasteiger charge is -2.31. The second-order valence-electron chi connectivity index (χ2n) is 5.51. The minimum atomic E-state index is 0.209. The molecule has 1 aliphatic carbocycles. The highest BCUT2D eigenvalue weighted by Crippen LogP contribution is 2.30. The Bertz CT molecular complexity index is 441. The van der Waals surface area contributed by atoms with Crippen molar-refractivity contribution < 1.29 is 4.79 Å². The van der Waals surface area contributed by atoms with Gasteiger partial charge in [0.25, 0.3) is 0 Å². The van der Waals surface area contributed by atoms with Crippen molar-refractivity contribution in [1.29, 1.82) is 0 Å². The number of carbonyl (C=O) groups is 1. The molecule has 1 aliphatic rings. The van der Waals surface area contributed by atoms with Crippen LogP contribution in [-0.4, -0.2) is 23.9 Å². The average Bonchev–Trinajstić information content (AvgIpc) is 2.89. The number of hydrogen-bond donors (Lipinski definition) is 1. The Labute approximate surface area is 133 Å². The quantitative estimate of drug-likeness (QED) is 0.873. The van der Waals surface area contributed by atoms with E-state index in [1.54, 1.807) is 11.3 Å². The van der Waals surface area contributed by atoms with Gasteiger partial charge in [0.2, 0.25) is 5.91 Å². The van der Waals surface area contributed by atoms with Gasteiger partial charge in [-0.15, -0.1) is 11.3 Å². The van der Waals surface area contributed by atoms with Crippen LogP contribution in [0.3, 0.4) is 0 Å². The van der Waals surface area contributed by atoms with Crippen molar-refractivity contribution in [3.63, 3.8) is 0 Å². The Morgan fingerprint density at radius 2 is 2.10 bits per heavy atom. The third kappa shape index (κ3) is 4.06. The van der Waals surface area contributed by atoms with Gasteiger partial charge in [0.05, 0.1) is 10.3 Å². The first-order valence-electron chi connectivity index (χ1n) is 7.37. The maximum Gasteiger partial charge on any atom is 0.225 e. The monoisotopic (exact) mass is 358 g/mol. The number of thiophene rings is 1. The minimum Gasteiger partial charge on any atom is -0.338 e. The van der Waals surface area contributed by atoms with E-state index in [-0.39, 0.29) is 5.92 Å². The maximum absolute atomic E-state index is 12.6. The van der Waals surface area contributed by atoms with Crippen molar-refractivity contribution in [2.75, 3.05) is 13.1 Å². The molecule has 1 heterocycles. The first-order valence-corrected chi connectivity index (χ1v) is 8.98. The van der Waals surface area contributed by atoms with Crippen LogP contribution in [0.5, 0.6) is 0 Å². The molecule has 0 aromatic carbocycles. The molecule has 0 saturated heterocycles. The third-order valence-corrected chi connectivity index (χ3v) is 5.81. The molecule has 0 atom stereocenters. The maximum atomic E-state index is 12.6. The summed E-state index contributed by atoms with van der Waals surface area (Å²) in [6, 6.07) is 4.14. The van der Waals surface area contributed by atoms with Crippen LogP contribution in [0.15, 0.2) is 15.9 Å². The molecule has 1 aromatic heterocycles. The molecule has 0 unspecified atom stereocenters. The van der Waals surface area contributed by atoms with Crippen LogP contribution >= 0.6 is 27.3 Å². The highest BCUT2D eigenvalue weighted by molar-refractivity contribution is 9.11. The van der Waals surface area contributed by atoms with Crippen molar-refractivity contribution >= 4 is 33.2 Å². The lowest BCUT2D eigenvalue weighted by molar-refractivity contribution is -0.137. The summed E-state index contributed by atoms with van der Waals surface area (Å²) in [6.07, 6.45) is 4.22. The van der Waals surface area contributed by atoms with Crippen LogP contribution in [0.25, 0.3) is 0 Å². The van der Waals surface area contributed by atoms with Crippen LogP contribution in [0.2, 0.25) is 0 Å². The van der Waals surface area contributed by atoms with Gasteiger partial charge in [-0.2, -0.15) is 0 Å². The summed E-state index contributed by atoms with van der Waals surface area (Å²) in [5.74, 6) is 1.16. The second kappa shape index (κ2) is 7.57. The first kappa shape index (κ1) is 16.0. The Kier molecular flexibility index (Phi) is 6.05. The van der Waals surface area contributed by atoms with Gasteiger partial charge in [-0.05, 0) is 73.1 Å². The summed E-state index contributed by atoms with van der Waals surface area (Å²) in [6.45, 7) is 4.35. The lowest BCUT2D eigenvalue weighted by Crippen LogP contribution is -2.37. The number of amides is 1. The van der Waals surface area contributed by atoms with Crippen LogP contribution in [0.1, 0.15) is 37.5 Å². The Balaban J connectivity index is 1.92. The number of rotatable bonds is 5. The number of nitrogens with zero attached hydrogens (tertiary/aromatic N) is 1. The van der Waals surface area contributed by atoms with Crippen molar-refractivity contribution in [2.45, 2.75) is 39.2 Å². The van der Waals surface area contributed by atoms with Gasteiger partial charge in [0.15, 0.2) is 0 Å². The van der Waals surface area contributed by atoms with E-state index in [9.17, 15) is 4.79 Å². The van der Waals surface area contributed by atoms with Gasteiger partial charge < -0.3 is 10.6 Å². The standard InChI is InChI=1S/C15H23BrN2OS/c1-2-18(10-13-7-8-14(16)20-13)15(19)12-5-3-11(9-17)4-6-12/h7-8,11-12H,2-6,9-10,17H2,1H3. The van der Waals surface area contributed by atoms with E-state index in [1.807, 2.05) is 11.0 Å². The molecule has 5 heteroatoms. The molecule has 0 bridgehead atoms. The Hall–Kier alpha value is -0.390. The average molecular weight is 359 g/mol. The van der Waals surface area contributed by atoms with Gasteiger partial charge in [-0.25, -0.2) is 0 Å².